The average molecular weight is 241 g/mol. The molecular weight excluding hydrogens is 226 g/mol. The number of nitrogens with one attached hydrogen (secondary N) is 1. The number of nitriles is 1. The van der Waals surface area contributed by atoms with Crippen LogP contribution in [0.25, 0.3) is 0 Å². The van der Waals surface area contributed by atoms with E-state index in [0.29, 0.717) is 5.56 Å². The zero-order valence-corrected chi connectivity index (χ0v) is 10.3. The zero-order valence-electron chi connectivity index (χ0n) is 10.3. The first kappa shape index (κ1) is 12.1. The molecule has 0 atom stereocenters. The van der Waals surface area contributed by atoms with Gasteiger partial charge in [0.05, 0.1) is 18.0 Å². The van der Waals surface area contributed by atoms with E-state index in [1.165, 1.54) is 0 Å². The van der Waals surface area contributed by atoms with Crippen molar-refractivity contribution in [2.75, 3.05) is 11.9 Å². The molecular formula is C13H15N5. The first-order valence-electron chi connectivity index (χ1n) is 5.86. The van der Waals surface area contributed by atoms with Crippen LogP contribution in [0.5, 0.6) is 0 Å². The SMILES string of the molecule is Cc1cc(C#N)cc(NCCCn2ccnc2)n1. The molecule has 5 nitrogen and oxygen atoms in total. The van der Waals surface area contributed by atoms with Crippen molar-refractivity contribution in [3.8, 4) is 6.07 Å². The second-order valence-electron chi connectivity index (χ2n) is 4.08. The Bertz CT molecular complexity index is 539. The summed E-state index contributed by atoms with van der Waals surface area (Å²) in [6.07, 6.45) is 6.50. The largest absolute Gasteiger partial charge is 0.370 e. The van der Waals surface area contributed by atoms with Crippen molar-refractivity contribution in [2.45, 2.75) is 19.9 Å². The summed E-state index contributed by atoms with van der Waals surface area (Å²) < 4.78 is 2.03. The molecule has 0 aromatic carbocycles. The zero-order chi connectivity index (χ0) is 12.8. The maximum absolute atomic E-state index is 8.87. The molecule has 92 valence electrons. The van der Waals surface area contributed by atoms with E-state index in [1.54, 1.807) is 24.7 Å². The minimum atomic E-state index is 0.639. The molecule has 5 heteroatoms. The number of anilines is 1. The number of aryl methyl sites for hydroxylation is 2. The van der Waals surface area contributed by atoms with Crippen molar-refractivity contribution in [2.24, 2.45) is 0 Å². The lowest BCUT2D eigenvalue weighted by Crippen LogP contribution is -2.07. The Labute approximate surface area is 106 Å². The molecule has 2 aromatic rings. The summed E-state index contributed by atoms with van der Waals surface area (Å²) in [5.41, 5.74) is 1.49. The fourth-order valence-corrected chi connectivity index (χ4v) is 1.72. The van der Waals surface area contributed by atoms with Gasteiger partial charge in [0.25, 0.3) is 0 Å². The second-order valence-corrected chi connectivity index (χ2v) is 4.08. The normalized spacial score (nSPS) is 10.0. The van der Waals surface area contributed by atoms with Crippen molar-refractivity contribution in [1.29, 1.82) is 5.26 Å². The van der Waals surface area contributed by atoms with E-state index in [4.69, 9.17) is 5.26 Å². The van der Waals surface area contributed by atoms with Gasteiger partial charge in [0, 0.05) is 31.2 Å². The molecule has 0 aliphatic rings. The van der Waals surface area contributed by atoms with Gasteiger partial charge in [-0.1, -0.05) is 0 Å². The van der Waals surface area contributed by atoms with Gasteiger partial charge in [0.2, 0.25) is 0 Å². The Hall–Kier alpha value is -2.35. The molecule has 0 saturated heterocycles. The number of pyridine rings is 1. The number of rotatable bonds is 5. The summed E-state index contributed by atoms with van der Waals surface area (Å²) in [7, 11) is 0. The standard InChI is InChI=1S/C13H15N5/c1-11-7-12(9-14)8-13(17-11)16-3-2-5-18-6-4-15-10-18/h4,6-8,10H,2-3,5H2,1H3,(H,16,17). The molecule has 2 rings (SSSR count). The molecule has 0 unspecified atom stereocenters. The average Bonchev–Trinajstić information content (AvgIpc) is 2.87. The van der Waals surface area contributed by atoms with Gasteiger partial charge in [0.15, 0.2) is 0 Å². The van der Waals surface area contributed by atoms with Gasteiger partial charge in [-0.2, -0.15) is 5.26 Å². The van der Waals surface area contributed by atoms with Crippen LogP contribution in [0.1, 0.15) is 17.7 Å². The van der Waals surface area contributed by atoms with Gasteiger partial charge in [-0.15, -0.1) is 0 Å². The molecule has 0 fully saturated rings. The third-order valence-electron chi connectivity index (χ3n) is 2.54. The molecule has 1 N–H and O–H groups in total. The van der Waals surface area contributed by atoms with Crippen molar-refractivity contribution >= 4 is 5.82 Å². The molecule has 2 heterocycles. The Morgan fingerprint density at radius 1 is 1.44 bits per heavy atom. The quantitative estimate of drug-likeness (QED) is 0.813. The number of imidazole rings is 1. The highest BCUT2D eigenvalue weighted by molar-refractivity contribution is 5.44. The lowest BCUT2D eigenvalue weighted by molar-refractivity contribution is 0.660. The smallest absolute Gasteiger partial charge is 0.127 e. The molecule has 0 spiro atoms. The predicted molar refractivity (Wildman–Crippen MR) is 69.0 cm³/mol. The van der Waals surface area contributed by atoms with Gasteiger partial charge in [0.1, 0.15) is 5.82 Å². The van der Waals surface area contributed by atoms with Crippen LogP contribution >= 0.6 is 0 Å². The molecule has 0 amide bonds. The summed E-state index contributed by atoms with van der Waals surface area (Å²) in [5.74, 6) is 0.761. The summed E-state index contributed by atoms with van der Waals surface area (Å²) in [6, 6.07) is 5.67. The van der Waals surface area contributed by atoms with Crippen LogP contribution in [0.2, 0.25) is 0 Å². The fourth-order valence-electron chi connectivity index (χ4n) is 1.72. The van der Waals surface area contributed by atoms with E-state index in [-0.39, 0.29) is 0 Å². The van der Waals surface area contributed by atoms with Crippen LogP contribution < -0.4 is 5.32 Å². The fraction of sp³-hybridized carbons (Fsp3) is 0.308. The molecule has 0 saturated carbocycles. The first-order chi connectivity index (χ1) is 8.78. The van der Waals surface area contributed by atoms with Gasteiger partial charge < -0.3 is 9.88 Å². The van der Waals surface area contributed by atoms with Crippen molar-refractivity contribution < 1.29 is 0 Å². The highest BCUT2D eigenvalue weighted by atomic mass is 15.0. The maximum atomic E-state index is 8.87. The van der Waals surface area contributed by atoms with Gasteiger partial charge in [-0.05, 0) is 25.5 Å². The molecule has 2 aromatic heterocycles. The summed E-state index contributed by atoms with van der Waals surface area (Å²) >= 11 is 0. The van der Waals surface area contributed by atoms with E-state index in [9.17, 15) is 0 Å². The van der Waals surface area contributed by atoms with E-state index < -0.39 is 0 Å². The number of hydrogen-bond donors (Lipinski definition) is 1. The highest BCUT2D eigenvalue weighted by Gasteiger charge is 1.99. The summed E-state index contributed by atoms with van der Waals surface area (Å²) in [6.45, 7) is 3.63. The van der Waals surface area contributed by atoms with Crippen molar-refractivity contribution in [3.63, 3.8) is 0 Å². The van der Waals surface area contributed by atoms with Gasteiger partial charge in [-0.25, -0.2) is 9.97 Å². The second kappa shape index (κ2) is 5.82. The minimum absolute atomic E-state index is 0.639. The monoisotopic (exact) mass is 241 g/mol. The van der Waals surface area contributed by atoms with E-state index in [1.807, 2.05) is 17.7 Å². The minimum Gasteiger partial charge on any atom is -0.370 e. The first-order valence-corrected chi connectivity index (χ1v) is 5.86. The van der Waals surface area contributed by atoms with Crippen LogP contribution in [-0.4, -0.2) is 21.1 Å². The predicted octanol–water partition coefficient (Wildman–Crippen LogP) is 1.96. The Morgan fingerprint density at radius 3 is 3.06 bits per heavy atom. The molecule has 18 heavy (non-hydrogen) atoms. The van der Waals surface area contributed by atoms with E-state index >= 15 is 0 Å². The summed E-state index contributed by atoms with van der Waals surface area (Å²) in [5, 5.41) is 12.1. The lowest BCUT2D eigenvalue weighted by atomic mass is 10.2. The van der Waals surface area contributed by atoms with E-state index in [2.05, 4.69) is 21.4 Å². The third kappa shape index (κ3) is 3.32. The highest BCUT2D eigenvalue weighted by Crippen LogP contribution is 2.09. The van der Waals surface area contributed by atoms with Crippen molar-refractivity contribution in [1.82, 2.24) is 14.5 Å². The molecule has 0 bridgehead atoms. The summed E-state index contributed by atoms with van der Waals surface area (Å²) in [4.78, 5) is 8.32. The van der Waals surface area contributed by atoms with Crippen LogP contribution in [0, 0.1) is 18.3 Å². The Kier molecular flexibility index (Phi) is 3.92. The van der Waals surface area contributed by atoms with Gasteiger partial charge in [-0.3, -0.25) is 0 Å². The van der Waals surface area contributed by atoms with Crippen LogP contribution in [0.3, 0.4) is 0 Å². The molecule has 0 aliphatic heterocycles. The topological polar surface area (TPSA) is 66.5 Å². The third-order valence-corrected chi connectivity index (χ3v) is 2.54. The lowest BCUT2D eigenvalue weighted by Gasteiger charge is -2.07. The Morgan fingerprint density at radius 2 is 2.33 bits per heavy atom. The number of nitrogens with zero attached hydrogens (tertiary/aromatic N) is 4. The van der Waals surface area contributed by atoms with Crippen LogP contribution in [-0.2, 0) is 6.54 Å². The Balaban J connectivity index is 1.83. The molecule has 0 radical (unpaired) electrons. The van der Waals surface area contributed by atoms with Crippen molar-refractivity contribution in [3.05, 3.63) is 42.1 Å². The van der Waals surface area contributed by atoms with Crippen LogP contribution in [0.15, 0.2) is 30.9 Å². The van der Waals surface area contributed by atoms with E-state index in [0.717, 1.165) is 31.0 Å². The van der Waals surface area contributed by atoms with Crippen LogP contribution in [0.4, 0.5) is 5.82 Å². The number of hydrogen-bond acceptors (Lipinski definition) is 4. The maximum Gasteiger partial charge on any atom is 0.127 e. The number of aromatic nitrogens is 3. The van der Waals surface area contributed by atoms with Gasteiger partial charge >= 0.3 is 0 Å². The molecule has 0 aliphatic carbocycles.